The number of unbranched alkanes of at least 4 members (excludes halogenated alkanes) is 2. The van der Waals surface area contributed by atoms with Gasteiger partial charge < -0.3 is 10.2 Å². The minimum atomic E-state index is -0.696. The molecule has 0 spiro atoms. The summed E-state index contributed by atoms with van der Waals surface area (Å²) in [4.78, 5) is 22.5. The van der Waals surface area contributed by atoms with E-state index < -0.39 is 23.1 Å². The van der Waals surface area contributed by atoms with Crippen molar-refractivity contribution < 1.29 is 19.8 Å². The first kappa shape index (κ1) is 11.5. The van der Waals surface area contributed by atoms with E-state index >= 15 is 0 Å². The Balaban J connectivity index is 2.79. The van der Waals surface area contributed by atoms with Gasteiger partial charge in [0.15, 0.2) is 11.5 Å². The summed E-state index contributed by atoms with van der Waals surface area (Å²) in [5.74, 6) is -2.43. The van der Waals surface area contributed by atoms with Crippen LogP contribution in [0, 0.1) is 0 Å². The quantitative estimate of drug-likeness (QED) is 0.549. The summed E-state index contributed by atoms with van der Waals surface area (Å²) in [6.07, 6.45) is 3.71. The minimum Gasteiger partial charge on any atom is -0.504 e. The SMILES string of the molecule is CCCCCC1=C(O)C(=O)C=C(O)C1=O. The molecule has 0 saturated heterocycles. The van der Waals surface area contributed by atoms with Gasteiger partial charge in [-0.15, -0.1) is 0 Å². The summed E-state index contributed by atoms with van der Waals surface area (Å²) >= 11 is 0. The van der Waals surface area contributed by atoms with Gasteiger partial charge in [-0.1, -0.05) is 19.8 Å². The lowest BCUT2D eigenvalue weighted by Gasteiger charge is -2.11. The van der Waals surface area contributed by atoms with Crippen LogP contribution < -0.4 is 0 Å². The summed E-state index contributed by atoms with van der Waals surface area (Å²) in [5, 5.41) is 18.5. The molecule has 0 amide bonds. The lowest BCUT2D eigenvalue weighted by Crippen LogP contribution is -2.19. The topological polar surface area (TPSA) is 74.6 Å². The third kappa shape index (κ3) is 2.46. The summed E-state index contributed by atoms with van der Waals surface area (Å²) in [6.45, 7) is 2.01. The van der Waals surface area contributed by atoms with Crippen LogP contribution in [-0.2, 0) is 9.59 Å². The highest BCUT2D eigenvalue weighted by Gasteiger charge is 2.27. The molecule has 1 aliphatic carbocycles. The van der Waals surface area contributed by atoms with Crippen LogP contribution in [0.15, 0.2) is 23.2 Å². The lowest BCUT2D eigenvalue weighted by molar-refractivity contribution is -0.119. The Kier molecular flexibility index (Phi) is 3.66. The third-order valence-corrected chi connectivity index (χ3v) is 2.32. The fourth-order valence-electron chi connectivity index (χ4n) is 1.45. The lowest BCUT2D eigenvalue weighted by atomic mass is 9.95. The van der Waals surface area contributed by atoms with Gasteiger partial charge in [0.05, 0.1) is 0 Å². The van der Waals surface area contributed by atoms with Crippen molar-refractivity contribution in [2.45, 2.75) is 32.6 Å². The van der Waals surface area contributed by atoms with E-state index in [0.29, 0.717) is 6.42 Å². The molecule has 0 aromatic carbocycles. The molecule has 0 saturated carbocycles. The molecule has 0 fully saturated rings. The van der Waals surface area contributed by atoms with Gasteiger partial charge in [-0.2, -0.15) is 0 Å². The molecule has 0 unspecified atom stereocenters. The van der Waals surface area contributed by atoms with Crippen molar-refractivity contribution in [3.8, 4) is 0 Å². The van der Waals surface area contributed by atoms with Crippen LogP contribution in [0.5, 0.6) is 0 Å². The second-order valence-electron chi connectivity index (χ2n) is 3.51. The third-order valence-electron chi connectivity index (χ3n) is 2.32. The molecule has 1 aliphatic rings. The standard InChI is InChI=1S/C11H14O4/c1-2-3-4-5-7-10(14)8(12)6-9(13)11(7)15/h6,12,15H,2-5H2,1H3. The van der Waals surface area contributed by atoms with Crippen LogP contribution in [0.1, 0.15) is 32.6 Å². The number of carbonyl (C=O) groups is 2. The first-order valence-electron chi connectivity index (χ1n) is 4.99. The summed E-state index contributed by atoms with van der Waals surface area (Å²) in [5.41, 5.74) is 0.0356. The van der Waals surface area contributed by atoms with Gasteiger partial charge in [0, 0.05) is 11.6 Å². The molecule has 0 aromatic heterocycles. The predicted molar refractivity (Wildman–Crippen MR) is 54.5 cm³/mol. The number of ketones is 2. The van der Waals surface area contributed by atoms with E-state index in [2.05, 4.69) is 0 Å². The van der Waals surface area contributed by atoms with Crippen LogP contribution in [0.2, 0.25) is 0 Å². The summed E-state index contributed by atoms with van der Waals surface area (Å²) in [7, 11) is 0. The number of allylic oxidation sites excluding steroid dienone is 2. The normalized spacial score (nSPS) is 17.0. The fourth-order valence-corrected chi connectivity index (χ4v) is 1.45. The number of aliphatic hydroxyl groups is 2. The summed E-state index contributed by atoms with van der Waals surface area (Å²) < 4.78 is 0. The molecule has 82 valence electrons. The van der Waals surface area contributed by atoms with Crippen LogP contribution >= 0.6 is 0 Å². The van der Waals surface area contributed by atoms with Gasteiger partial charge in [0.2, 0.25) is 11.6 Å². The Labute approximate surface area is 87.9 Å². The van der Waals surface area contributed by atoms with Crippen molar-refractivity contribution in [2.75, 3.05) is 0 Å². The van der Waals surface area contributed by atoms with Crippen molar-refractivity contribution in [3.63, 3.8) is 0 Å². The number of Topliss-reactive ketones (excluding diaryl/α,β-unsaturated/α-hetero) is 1. The molecule has 0 radical (unpaired) electrons. The van der Waals surface area contributed by atoms with Gasteiger partial charge in [-0.25, -0.2) is 0 Å². The van der Waals surface area contributed by atoms with E-state index in [1.165, 1.54) is 0 Å². The number of carbonyl (C=O) groups excluding carboxylic acids is 2. The zero-order chi connectivity index (χ0) is 11.4. The number of aliphatic hydroxyl groups excluding tert-OH is 2. The molecule has 15 heavy (non-hydrogen) atoms. The average molecular weight is 210 g/mol. The van der Waals surface area contributed by atoms with Gasteiger partial charge in [-0.05, 0) is 12.8 Å². The van der Waals surface area contributed by atoms with Gasteiger partial charge >= 0.3 is 0 Å². The van der Waals surface area contributed by atoms with Crippen molar-refractivity contribution in [1.29, 1.82) is 0 Å². The Bertz CT molecular complexity index is 350. The van der Waals surface area contributed by atoms with Crippen molar-refractivity contribution in [1.82, 2.24) is 0 Å². The molecule has 0 aliphatic heterocycles. The van der Waals surface area contributed by atoms with Crippen molar-refractivity contribution in [2.24, 2.45) is 0 Å². The zero-order valence-corrected chi connectivity index (χ0v) is 8.62. The van der Waals surface area contributed by atoms with E-state index in [4.69, 9.17) is 5.11 Å². The second-order valence-corrected chi connectivity index (χ2v) is 3.51. The van der Waals surface area contributed by atoms with Crippen molar-refractivity contribution in [3.05, 3.63) is 23.2 Å². The number of hydrogen-bond donors (Lipinski definition) is 2. The molecule has 4 nitrogen and oxygen atoms in total. The molecule has 0 aromatic rings. The van der Waals surface area contributed by atoms with Crippen LogP contribution in [-0.4, -0.2) is 21.8 Å². The molecule has 0 heterocycles. The van der Waals surface area contributed by atoms with E-state index in [1.54, 1.807) is 0 Å². The average Bonchev–Trinajstić information content (AvgIpc) is 2.20. The number of hydrogen-bond acceptors (Lipinski definition) is 4. The Hall–Kier alpha value is -1.58. The molecule has 1 rings (SSSR count). The summed E-state index contributed by atoms with van der Waals surface area (Å²) in [6, 6.07) is 0. The van der Waals surface area contributed by atoms with Gasteiger partial charge in [0.1, 0.15) is 0 Å². The first-order chi connectivity index (χ1) is 7.07. The molecule has 0 bridgehead atoms. The van der Waals surface area contributed by atoms with Crippen LogP contribution in [0.3, 0.4) is 0 Å². The second kappa shape index (κ2) is 4.77. The molecule has 0 atom stereocenters. The monoisotopic (exact) mass is 210 g/mol. The maximum Gasteiger partial charge on any atom is 0.227 e. The van der Waals surface area contributed by atoms with E-state index in [1.807, 2.05) is 6.92 Å². The smallest absolute Gasteiger partial charge is 0.227 e. The van der Waals surface area contributed by atoms with Gasteiger partial charge in [0.25, 0.3) is 0 Å². The predicted octanol–water partition coefficient (Wildman–Crippen LogP) is 1.97. The van der Waals surface area contributed by atoms with Gasteiger partial charge in [-0.3, -0.25) is 9.59 Å². The highest BCUT2D eigenvalue weighted by Crippen LogP contribution is 2.21. The van der Waals surface area contributed by atoms with E-state index in [9.17, 15) is 14.7 Å². The molecular formula is C11H14O4. The van der Waals surface area contributed by atoms with E-state index in [-0.39, 0.29) is 5.57 Å². The van der Waals surface area contributed by atoms with Crippen LogP contribution in [0.25, 0.3) is 0 Å². The minimum absolute atomic E-state index is 0.0356. The fraction of sp³-hybridized carbons (Fsp3) is 0.455. The Morgan fingerprint density at radius 3 is 2.47 bits per heavy atom. The highest BCUT2D eigenvalue weighted by molar-refractivity contribution is 6.20. The van der Waals surface area contributed by atoms with Crippen molar-refractivity contribution >= 4 is 11.6 Å². The largest absolute Gasteiger partial charge is 0.504 e. The molecular weight excluding hydrogens is 196 g/mol. The highest BCUT2D eigenvalue weighted by atomic mass is 16.3. The number of rotatable bonds is 4. The molecule has 2 N–H and O–H groups in total. The maximum atomic E-state index is 11.4. The van der Waals surface area contributed by atoms with E-state index in [0.717, 1.165) is 25.3 Å². The Morgan fingerprint density at radius 1 is 1.20 bits per heavy atom. The zero-order valence-electron chi connectivity index (χ0n) is 8.62. The first-order valence-corrected chi connectivity index (χ1v) is 4.99. The molecule has 4 heteroatoms. The van der Waals surface area contributed by atoms with Crippen LogP contribution in [0.4, 0.5) is 0 Å². The Morgan fingerprint density at radius 2 is 1.87 bits per heavy atom. The maximum absolute atomic E-state index is 11.4.